The topological polar surface area (TPSA) is 79.5 Å². The summed E-state index contributed by atoms with van der Waals surface area (Å²) in [6, 6.07) is 6.09. The molecule has 2 aliphatic heterocycles. The van der Waals surface area contributed by atoms with E-state index in [1.54, 1.807) is 12.1 Å². The highest BCUT2D eigenvalue weighted by molar-refractivity contribution is 7.88. The number of nitrogens with zero attached hydrogens (tertiary/aromatic N) is 4. The summed E-state index contributed by atoms with van der Waals surface area (Å²) in [6.45, 7) is 1.61. The fourth-order valence-electron chi connectivity index (χ4n) is 3.50. The number of hydrogen-bond acceptors (Lipinski definition) is 6. The zero-order valence-corrected chi connectivity index (χ0v) is 15.3. The Balaban J connectivity index is 1.39. The fourth-order valence-corrected chi connectivity index (χ4v) is 5.13. The first kappa shape index (κ1) is 17.6. The average molecular weight is 380 g/mol. The van der Waals surface area contributed by atoms with E-state index in [4.69, 9.17) is 4.52 Å². The minimum Gasteiger partial charge on any atom is -0.338 e. The van der Waals surface area contributed by atoms with Crippen LogP contribution in [-0.2, 0) is 15.8 Å². The molecule has 0 N–H and O–H groups in total. The van der Waals surface area contributed by atoms with Crippen LogP contribution in [0.15, 0.2) is 28.8 Å². The highest BCUT2D eigenvalue weighted by Crippen LogP contribution is 2.33. The van der Waals surface area contributed by atoms with Crippen molar-refractivity contribution in [3.8, 4) is 0 Å². The quantitative estimate of drug-likeness (QED) is 0.788. The van der Waals surface area contributed by atoms with E-state index in [2.05, 4.69) is 15.0 Å². The molecule has 0 saturated carbocycles. The van der Waals surface area contributed by atoms with Gasteiger partial charge in [-0.25, -0.2) is 17.1 Å². The molecule has 140 valence electrons. The van der Waals surface area contributed by atoms with Gasteiger partial charge in [0.25, 0.3) is 0 Å². The third kappa shape index (κ3) is 3.26. The van der Waals surface area contributed by atoms with Gasteiger partial charge >= 0.3 is 0 Å². The van der Waals surface area contributed by atoms with E-state index >= 15 is 0 Å². The van der Waals surface area contributed by atoms with Gasteiger partial charge in [0.15, 0.2) is 5.82 Å². The van der Waals surface area contributed by atoms with Crippen LogP contribution in [0.2, 0.25) is 0 Å². The van der Waals surface area contributed by atoms with Crippen LogP contribution in [0.5, 0.6) is 0 Å². The van der Waals surface area contributed by atoms with Crippen LogP contribution >= 0.6 is 0 Å². The average Bonchev–Trinajstić information content (AvgIpc) is 3.16. The monoisotopic (exact) mass is 380 g/mol. The summed E-state index contributed by atoms with van der Waals surface area (Å²) in [5, 5.41) is 4.04. The Morgan fingerprint density at radius 2 is 2.08 bits per heavy atom. The van der Waals surface area contributed by atoms with E-state index < -0.39 is 15.8 Å². The minimum absolute atomic E-state index is 0.0744. The molecule has 0 amide bonds. The normalized spacial score (nSPS) is 22.6. The number of halogens is 1. The van der Waals surface area contributed by atoms with Crippen LogP contribution in [0, 0.1) is 5.82 Å². The van der Waals surface area contributed by atoms with Gasteiger partial charge in [0.2, 0.25) is 15.9 Å². The van der Waals surface area contributed by atoms with Crippen molar-refractivity contribution >= 4 is 10.0 Å². The van der Waals surface area contributed by atoms with Crippen LogP contribution in [-0.4, -0.2) is 54.4 Å². The van der Waals surface area contributed by atoms with Crippen molar-refractivity contribution in [1.82, 2.24) is 19.3 Å². The highest BCUT2D eigenvalue weighted by atomic mass is 32.2. The summed E-state index contributed by atoms with van der Waals surface area (Å²) in [7, 11) is -1.53. The van der Waals surface area contributed by atoms with Crippen LogP contribution in [0.4, 0.5) is 4.39 Å². The van der Waals surface area contributed by atoms with E-state index in [0.29, 0.717) is 24.8 Å². The Bertz CT molecular complexity index is 895. The zero-order valence-electron chi connectivity index (χ0n) is 14.5. The number of likely N-dealkylation sites (tertiary alicyclic amines) is 1. The highest BCUT2D eigenvalue weighted by Gasteiger charge is 2.40. The van der Waals surface area contributed by atoms with Crippen LogP contribution in [0.3, 0.4) is 0 Å². The van der Waals surface area contributed by atoms with Gasteiger partial charge in [-0.2, -0.15) is 4.98 Å². The second-order valence-electron chi connectivity index (χ2n) is 6.99. The minimum atomic E-state index is -3.56. The second kappa shape index (κ2) is 6.71. The maximum Gasteiger partial charge on any atom is 0.243 e. The van der Waals surface area contributed by atoms with Crippen LogP contribution in [0.25, 0.3) is 0 Å². The zero-order chi connectivity index (χ0) is 18.3. The molecule has 26 heavy (non-hydrogen) atoms. The van der Waals surface area contributed by atoms with E-state index in [1.165, 1.54) is 16.4 Å². The lowest BCUT2D eigenvalue weighted by Gasteiger charge is -2.36. The van der Waals surface area contributed by atoms with Gasteiger partial charge in [-0.15, -0.1) is 0 Å². The van der Waals surface area contributed by atoms with Crippen LogP contribution < -0.4 is 0 Å². The van der Waals surface area contributed by atoms with Crippen molar-refractivity contribution in [2.24, 2.45) is 0 Å². The lowest BCUT2D eigenvalue weighted by atomic mass is 10.0. The largest absolute Gasteiger partial charge is 0.338 e. The SMILES string of the molecule is CN1CCCC1c1nc(C2CN(S(=O)(=O)Cc3ccccc3F)C2)no1. The number of rotatable bonds is 5. The standard InChI is InChI=1S/C17H21FN4O3S/c1-21-8-4-7-15(21)17-19-16(20-25-17)13-9-22(10-13)26(23,24)11-12-5-2-3-6-14(12)18/h2-3,5-6,13,15H,4,7-11H2,1H3. The first-order valence-electron chi connectivity index (χ1n) is 8.69. The van der Waals surface area contributed by atoms with Crippen molar-refractivity contribution in [3.63, 3.8) is 0 Å². The lowest BCUT2D eigenvalue weighted by molar-refractivity contribution is 0.236. The van der Waals surface area contributed by atoms with Gasteiger partial charge in [0, 0.05) is 18.7 Å². The van der Waals surface area contributed by atoms with E-state index in [-0.39, 0.29) is 23.3 Å². The van der Waals surface area contributed by atoms with Crippen molar-refractivity contribution < 1.29 is 17.3 Å². The molecule has 0 spiro atoms. The summed E-state index contributed by atoms with van der Waals surface area (Å²) in [5.74, 6) is 0.244. The van der Waals surface area contributed by atoms with Gasteiger partial charge in [-0.1, -0.05) is 23.4 Å². The Hall–Kier alpha value is -1.84. The molecule has 7 nitrogen and oxygen atoms in total. The molecule has 0 bridgehead atoms. The molecule has 1 aromatic carbocycles. The summed E-state index contributed by atoms with van der Waals surface area (Å²) >= 11 is 0. The molecule has 4 rings (SSSR count). The van der Waals surface area contributed by atoms with E-state index in [1.807, 2.05) is 7.05 Å². The molecule has 2 saturated heterocycles. The molecule has 1 aromatic heterocycles. The van der Waals surface area contributed by atoms with E-state index in [0.717, 1.165) is 19.4 Å². The Morgan fingerprint density at radius 3 is 2.77 bits per heavy atom. The Labute approximate surface area is 151 Å². The van der Waals surface area contributed by atoms with Crippen LogP contribution in [0.1, 0.15) is 42.1 Å². The predicted octanol–water partition coefficient (Wildman–Crippen LogP) is 1.90. The molecule has 2 fully saturated rings. The lowest BCUT2D eigenvalue weighted by Crippen LogP contribution is -2.49. The smallest absolute Gasteiger partial charge is 0.243 e. The Morgan fingerprint density at radius 1 is 1.31 bits per heavy atom. The van der Waals surface area contributed by atoms with Gasteiger partial charge in [0.05, 0.1) is 17.7 Å². The molecule has 2 aromatic rings. The molecule has 0 radical (unpaired) electrons. The van der Waals surface area contributed by atoms with Gasteiger partial charge < -0.3 is 4.52 Å². The Kier molecular flexibility index (Phi) is 4.54. The molecule has 2 aliphatic rings. The van der Waals surface area contributed by atoms with Crippen molar-refractivity contribution in [2.75, 3.05) is 26.7 Å². The number of hydrogen-bond donors (Lipinski definition) is 0. The maximum absolute atomic E-state index is 13.7. The molecule has 3 heterocycles. The molecule has 1 unspecified atom stereocenters. The number of benzene rings is 1. The van der Waals surface area contributed by atoms with Crippen molar-refractivity contribution in [3.05, 3.63) is 47.4 Å². The molecular formula is C17H21FN4O3S. The summed E-state index contributed by atoms with van der Waals surface area (Å²) in [5.41, 5.74) is 0.182. The molecule has 9 heteroatoms. The summed E-state index contributed by atoms with van der Waals surface area (Å²) in [4.78, 5) is 6.66. The third-order valence-electron chi connectivity index (χ3n) is 5.17. The first-order chi connectivity index (χ1) is 12.4. The van der Waals surface area contributed by atoms with Gasteiger partial charge in [-0.05, 0) is 32.5 Å². The van der Waals surface area contributed by atoms with Gasteiger partial charge in [-0.3, -0.25) is 4.90 Å². The number of sulfonamides is 1. The second-order valence-corrected chi connectivity index (χ2v) is 8.96. The summed E-state index contributed by atoms with van der Waals surface area (Å²) in [6.07, 6.45) is 2.09. The van der Waals surface area contributed by atoms with Gasteiger partial charge in [0.1, 0.15) is 5.82 Å². The van der Waals surface area contributed by atoms with Crippen molar-refractivity contribution in [2.45, 2.75) is 30.6 Å². The summed E-state index contributed by atoms with van der Waals surface area (Å²) < 4.78 is 45.4. The molecule has 1 atom stereocenters. The first-order valence-corrected chi connectivity index (χ1v) is 10.3. The van der Waals surface area contributed by atoms with E-state index in [9.17, 15) is 12.8 Å². The number of aromatic nitrogens is 2. The third-order valence-corrected chi connectivity index (χ3v) is 6.93. The predicted molar refractivity (Wildman–Crippen MR) is 92.2 cm³/mol. The molecule has 0 aliphatic carbocycles. The van der Waals surface area contributed by atoms with Crippen molar-refractivity contribution in [1.29, 1.82) is 0 Å². The molecular weight excluding hydrogens is 359 g/mol. The maximum atomic E-state index is 13.7. The fraction of sp³-hybridized carbons (Fsp3) is 0.529.